The Kier molecular flexibility index (Phi) is 6.72. The summed E-state index contributed by atoms with van der Waals surface area (Å²) in [7, 11) is -1.14. The molecular weight excluding hydrogens is 481 g/mol. The first kappa shape index (κ1) is 24.1. The maximum Gasteiger partial charge on any atom is 0.227 e. The maximum absolute atomic E-state index is 13.0. The molecule has 1 fully saturated rings. The van der Waals surface area contributed by atoms with E-state index in [1.54, 1.807) is 24.1 Å². The lowest BCUT2D eigenvalue weighted by atomic mass is 9.74. The number of hydrogen-bond acceptors (Lipinski definition) is 7. The Hall–Kier alpha value is -2.65. The van der Waals surface area contributed by atoms with Crippen LogP contribution in [0.1, 0.15) is 31.0 Å². The van der Waals surface area contributed by atoms with E-state index in [1.165, 1.54) is 24.3 Å². The molecule has 184 valence electrons. The Labute approximate surface area is 213 Å². The number of anilines is 3. The van der Waals surface area contributed by atoms with Gasteiger partial charge in [-0.3, -0.25) is 4.21 Å². The van der Waals surface area contributed by atoms with Crippen LogP contribution >= 0.6 is 11.9 Å². The molecule has 0 radical (unpaired) electrons. The molecule has 1 aromatic carbocycles. The predicted octanol–water partition coefficient (Wildman–Crippen LogP) is 5.13. The number of rotatable bonds is 6. The second kappa shape index (κ2) is 9.78. The van der Waals surface area contributed by atoms with Gasteiger partial charge in [-0.1, -0.05) is 42.8 Å². The lowest BCUT2D eigenvalue weighted by molar-refractivity contribution is 0.355. The molecule has 0 aliphatic carbocycles. The summed E-state index contributed by atoms with van der Waals surface area (Å²) in [6.07, 6.45) is 9.50. The first-order valence-electron chi connectivity index (χ1n) is 11.8. The van der Waals surface area contributed by atoms with Crippen LogP contribution in [0, 0.1) is 0 Å². The quantitative estimate of drug-likeness (QED) is 0.426. The summed E-state index contributed by atoms with van der Waals surface area (Å²) in [6.45, 7) is 8.13. The van der Waals surface area contributed by atoms with Gasteiger partial charge in [0.25, 0.3) is 0 Å². The van der Waals surface area contributed by atoms with Crippen LogP contribution in [0.4, 0.5) is 21.8 Å². The molecule has 1 N–H and O–H groups in total. The van der Waals surface area contributed by atoms with E-state index in [1.807, 2.05) is 0 Å². The topological polar surface area (TPSA) is 61.4 Å². The molecule has 4 heterocycles. The van der Waals surface area contributed by atoms with Crippen molar-refractivity contribution in [3.63, 3.8) is 0 Å². The van der Waals surface area contributed by atoms with Crippen molar-refractivity contribution in [1.29, 1.82) is 0 Å². The molecule has 1 unspecified atom stereocenters. The Morgan fingerprint density at radius 3 is 2.80 bits per heavy atom. The largest absolute Gasteiger partial charge is 0.341 e. The number of halogens is 1. The highest BCUT2D eigenvalue weighted by Crippen LogP contribution is 2.49. The van der Waals surface area contributed by atoms with Gasteiger partial charge in [0, 0.05) is 49.2 Å². The lowest BCUT2D eigenvalue weighted by Crippen LogP contribution is -2.45. The fraction of sp³-hybridized carbons (Fsp3) is 0.385. The Morgan fingerprint density at radius 2 is 2.06 bits per heavy atom. The SMILES string of the molecule is C=C(/C=C\C=C(/C)F)Nc1nc(N2CCC3(CC2)CN(SC)c2ccccc23)nc2c1S(=O)CC2. The highest BCUT2D eigenvalue weighted by atomic mass is 32.2. The minimum Gasteiger partial charge on any atom is -0.341 e. The zero-order chi connectivity index (χ0) is 24.6. The van der Waals surface area contributed by atoms with Crippen LogP contribution in [0.5, 0.6) is 0 Å². The molecule has 3 aliphatic heterocycles. The first-order valence-corrected chi connectivity index (χ1v) is 14.3. The number of nitrogens with zero attached hydrogens (tertiary/aromatic N) is 4. The molecule has 1 saturated heterocycles. The smallest absolute Gasteiger partial charge is 0.227 e. The molecule has 2 aromatic rings. The van der Waals surface area contributed by atoms with Gasteiger partial charge in [0.2, 0.25) is 5.95 Å². The van der Waals surface area contributed by atoms with Crippen LogP contribution in [0.25, 0.3) is 0 Å². The first-order chi connectivity index (χ1) is 16.9. The van der Waals surface area contributed by atoms with Gasteiger partial charge in [-0.15, -0.1) is 0 Å². The van der Waals surface area contributed by atoms with Gasteiger partial charge in [-0.2, -0.15) is 4.98 Å². The van der Waals surface area contributed by atoms with E-state index < -0.39 is 10.8 Å². The fourth-order valence-corrected chi connectivity index (χ4v) is 7.25. The third-order valence-corrected chi connectivity index (χ3v) is 9.22. The zero-order valence-corrected chi connectivity index (χ0v) is 21.7. The van der Waals surface area contributed by atoms with Crippen molar-refractivity contribution >= 4 is 40.2 Å². The molecule has 9 heteroatoms. The van der Waals surface area contributed by atoms with Gasteiger partial charge >= 0.3 is 0 Å². The van der Waals surface area contributed by atoms with E-state index >= 15 is 0 Å². The van der Waals surface area contributed by atoms with Crippen LogP contribution in [-0.2, 0) is 22.6 Å². The lowest BCUT2D eigenvalue weighted by Gasteiger charge is -2.40. The van der Waals surface area contributed by atoms with E-state index in [0.717, 1.165) is 38.2 Å². The number of aryl methyl sites for hydroxylation is 1. The Morgan fingerprint density at radius 1 is 1.29 bits per heavy atom. The highest BCUT2D eigenvalue weighted by molar-refractivity contribution is 8.00. The third-order valence-electron chi connectivity index (χ3n) is 6.99. The number of piperidine rings is 1. The summed E-state index contributed by atoms with van der Waals surface area (Å²) < 4.78 is 28.1. The van der Waals surface area contributed by atoms with Crippen molar-refractivity contribution in [3.05, 3.63) is 71.9 Å². The molecule has 0 saturated carbocycles. The van der Waals surface area contributed by atoms with Crippen LogP contribution in [0.2, 0.25) is 0 Å². The van der Waals surface area contributed by atoms with Crippen molar-refractivity contribution in [2.24, 2.45) is 0 Å². The van der Waals surface area contributed by atoms with Gasteiger partial charge in [0.1, 0.15) is 4.90 Å². The fourth-order valence-electron chi connectivity index (χ4n) is 5.21. The van der Waals surface area contributed by atoms with Crippen molar-refractivity contribution in [2.75, 3.05) is 46.2 Å². The molecule has 3 aliphatic rings. The van der Waals surface area contributed by atoms with Gasteiger partial charge < -0.3 is 14.5 Å². The molecule has 1 atom stereocenters. The second-order valence-corrected chi connectivity index (χ2v) is 11.5. The Balaban J connectivity index is 1.38. The van der Waals surface area contributed by atoms with Gasteiger partial charge in [0.05, 0.1) is 28.0 Å². The number of fused-ring (bicyclic) bond motifs is 3. The Bertz CT molecular complexity index is 1230. The monoisotopic (exact) mass is 511 g/mol. The molecule has 5 rings (SSSR count). The van der Waals surface area contributed by atoms with Gasteiger partial charge in [0.15, 0.2) is 5.82 Å². The van der Waals surface area contributed by atoms with Crippen molar-refractivity contribution < 1.29 is 8.60 Å². The summed E-state index contributed by atoms with van der Waals surface area (Å²) in [5.74, 6) is 1.48. The predicted molar refractivity (Wildman–Crippen MR) is 144 cm³/mol. The highest BCUT2D eigenvalue weighted by Gasteiger charge is 2.45. The minimum atomic E-state index is -1.14. The van der Waals surface area contributed by atoms with Gasteiger partial charge in [-0.05, 0) is 43.5 Å². The normalized spacial score (nSPS) is 21.0. The van der Waals surface area contributed by atoms with Crippen molar-refractivity contribution in [3.8, 4) is 0 Å². The van der Waals surface area contributed by atoms with E-state index in [9.17, 15) is 8.60 Å². The molecule has 1 aromatic heterocycles. The summed E-state index contributed by atoms with van der Waals surface area (Å²) in [5.41, 5.74) is 4.32. The summed E-state index contributed by atoms with van der Waals surface area (Å²) in [4.78, 5) is 12.5. The van der Waals surface area contributed by atoms with Crippen LogP contribution in [0.3, 0.4) is 0 Å². The van der Waals surface area contributed by atoms with E-state index in [4.69, 9.17) is 9.97 Å². The maximum atomic E-state index is 13.0. The molecule has 6 nitrogen and oxygen atoms in total. The number of para-hydroxylation sites is 1. The average molecular weight is 512 g/mol. The van der Waals surface area contributed by atoms with Crippen LogP contribution in [-0.4, -0.2) is 45.8 Å². The number of hydrogen-bond donors (Lipinski definition) is 1. The van der Waals surface area contributed by atoms with Gasteiger partial charge in [-0.25, -0.2) is 9.37 Å². The van der Waals surface area contributed by atoms with E-state index in [-0.39, 0.29) is 11.2 Å². The molecule has 0 bridgehead atoms. The van der Waals surface area contributed by atoms with Crippen molar-refractivity contribution in [2.45, 2.75) is 36.5 Å². The third kappa shape index (κ3) is 4.63. The summed E-state index contributed by atoms with van der Waals surface area (Å²) in [5, 5.41) is 3.19. The number of benzene rings is 1. The molecule has 35 heavy (non-hydrogen) atoms. The van der Waals surface area contributed by atoms with Crippen LogP contribution in [0.15, 0.2) is 65.5 Å². The average Bonchev–Trinajstić information content (AvgIpc) is 3.37. The standard InChI is InChI=1S/C26H30FN5OS2/c1-18(27)7-6-8-19(2)28-24-23-21(11-16-35(23)33)29-25(30-24)31-14-12-26(13-15-31)17-32(34-3)22-10-5-4-9-20(22)26/h4-10H,2,11-17H2,1,3H3,(H,28,29,30)/b8-6-,18-7+. The summed E-state index contributed by atoms with van der Waals surface area (Å²) >= 11 is 1.79. The number of allylic oxidation sites excluding steroid dienone is 4. The zero-order valence-electron chi connectivity index (χ0n) is 20.1. The molecule has 0 amide bonds. The number of nitrogens with one attached hydrogen (secondary N) is 1. The van der Waals surface area contributed by atoms with Crippen LogP contribution < -0.4 is 14.5 Å². The minimum absolute atomic E-state index is 0.149. The number of aromatic nitrogens is 2. The summed E-state index contributed by atoms with van der Waals surface area (Å²) in [6, 6.07) is 8.76. The van der Waals surface area contributed by atoms with Crippen molar-refractivity contribution in [1.82, 2.24) is 9.97 Å². The molecular formula is C26H30FN5OS2. The van der Waals surface area contributed by atoms with E-state index in [0.29, 0.717) is 34.5 Å². The second-order valence-electron chi connectivity index (χ2n) is 9.21. The van der Waals surface area contributed by atoms with E-state index in [2.05, 4.69) is 51.6 Å². The molecule has 1 spiro atoms.